The van der Waals surface area contributed by atoms with Gasteiger partial charge in [0.2, 0.25) is 0 Å². The van der Waals surface area contributed by atoms with E-state index in [9.17, 15) is 10.1 Å². The second kappa shape index (κ2) is 12.1. The quantitative estimate of drug-likeness (QED) is 0.110. The highest BCUT2D eigenvalue weighted by Gasteiger charge is 2.29. The van der Waals surface area contributed by atoms with Crippen LogP contribution in [-0.4, -0.2) is 66.0 Å². The van der Waals surface area contributed by atoms with Crippen molar-refractivity contribution in [1.29, 1.82) is 0 Å². The number of hydrogen-bond acceptors (Lipinski definition) is 4. The molecule has 3 rings (SSSR count). The summed E-state index contributed by atoms with van der Waals surface area (Å²) in [7, 11) is 0. The summed E-state index contributed by atoms with van der Waals surface area (Å²) in [5.41, 5.74) is 1.29. The molecule has 1 unspecified atom stereocenters. The molecule has 0 aliphatic carbocycles. The molecule has 0 aromatic heterocycles. The molecule has 0 amide bonds. The first-order valence-corrected chi connectivity index (χ1v) is 10.3. The minimum atomic E-state index is -0.357. The topological polar surface area (TPSA) is 74.0 Å². The number of nitro benzene ring substituents is 1. The summed E-state index contributed by atoms with van der Waals surface area (Å²) in [5.74, 6) is 1.03. The van der Waals surface area contributed by atoms with Gasteiger partial charge in [-0.1, -0.05) is 24.3 Å². The van der Waals surface area contributed by atoms with Crippen LogP contribution in [0.25, 0.3) is 0 Å². The summed E-state index contributed by atoms with van der Waals surface area (Å²) in [6.45, 7) is 8.08. The number of guanidine groups is 1. The van der Waals surface area contributed by atoms with Crippen molar-refractivity contribution in [1.82, 2.24) is 15.1 Å². The molecular formula is C21H32IN5O2. The van der Waals surface area contributed by atoms with Gasteiger partial charge in [0.25, 0.3) is 5.69 Å². The normalized spacial score (nSPS) is 19.4. The number of halogens is 1. The average Bonchev–Trinajstić information content (AvgIpc) is 3.39. The van der Waals surface area contributed by atoms with Gasteiger partial charge in [-0.2, -0.15) is 0 Å². The maximum atomic E-state index is 10.7. The Labute approximate surface area is 190 Å². The van der Waals surface area contributed by atoms with Crippen molar-refractivity contribution in [3.63, 3.8) is 0 Å². The van der Waals surface area contributed by atoms with Crippen LogP contribution < -0.4 is 5.32 Å². The Balaban J connectivity index is 0.00000300. The SMILES string of the molecule is CCNC(=NCCCCc1ccc([N+](=O)[O-])cc1)N1CCC(N2CC=CC2)C1.I. The van der Waals surface area contributed by atoms with Crippen molar-refractivity contribution in [2.75, 3.05) is 39.3 Å². The number of hydrogen-bond donors (Lipinski definition) is 1. The Morgan fingerprint density at radius 2 is 1.97 bits per heavy atom. The lowest BCUT2D eigenvalue weighted by atomic mass is 10.1. The van der Waals surface area contributed by atoms with Crippen LogP contribution >= 0.6 is 24.0 Å². The summed E-state index contributed by atoms with van der Waals surface area (Å²) in [4.78, 5) is 20.1. The van der Waals surface area contributed by atoms with Gasteiger partial charge in [0.1, 0.15) is 0 Å². The fourth-order valence-corrected chi connectivity index (χ4v) is 3.86. The first-order valence-electron chi connectivity index (χ1n) is 10.3. The number of likely N-dealkylation sites (tertiary alicyclic amines) is 1. The number of aryl methyl sites for hydroxylation is 1. The van der Waals surface area contributed by atoms with E-state index in [1.165, 1.54) is 6.42 Å². The lowest BCUT2D eigenvalue weighted by molar-refractivity contribution is -0.384. The fourth-order valence-electron chi connectivity index (χ4n) is 3.86. The van der Waals surface area contributed by atoms with Crippen molar-refractivity contribution in [3.05, 3.63) is 52.1 Å². The van der Waals surface area contributed by atoms with E-state index in [1.807, 2.05) is 12.1 Å². The molecule has 8 heteroatoms. The Morgan fingerprint density at radius 1 is 1.24 bits per heavy atom. The van der Waals surface area contributed by atoms with Crippen LogP contribution in [0.3, 0.4) is 0 Å². The second-order valence-corrected chi connectivity index (χ2v) is 7.43. The Morgan fingerprint density at radius 3 is 2.62 bits per heavy atom. The third-order valence-electron chi connectivity index (χ3n) is 5.44. The molecule has 29 heavy (non-hydrogen) atoms. The number of non-ortho nitro benzene ring substituents is 1. The molecule has 0 spiro atoms. The molecule has 2 heterocycles. The lowest BCUT2D eigenvalue weighted by Gasteiger charge is -2.25. The molecule has 0 radical (unpaired) electrons. The highest BCUT2D eigenvalue weighted by Crippen LogP contribution is 2.18. The molecule has 2 aliphatic heterocycles. The van der Waals surface area contributed by atoms with Gasteiger partial charge in [-0.15, -0.1) is 24.0 Å². The maximum Gasteiger partial charge on any atom is 0.269 e. The van der Waals surface area contributed by atoms with Gasteiger partial charge in [0, 0.05) is 57.4 Å². The van der Waals surface area contributed by atoms with Gasteiger partial charge in [0.05, 0.1) is 4.92 Å². The van der Waals surface area contributed by atoms with Crippen LogP contribution in [0, 0.1) is 10.1 Å². The van der Waals surface area contributed by atoms with E-state index in [-0.39, 0.29) is 34.6 Å². The summed E-state index contributed by atoms with van der Waals surface area (Å²) in [6, 6.07) is 7.49. The molecule has 160 valence electrons. The minimum Gasteiger partial charge on any atom is -0.357 e. The van der Waals surface area contributed by atoms with Gasteiger partial charge < -0.3 is 10.2 Å². The molecule has 1 saturated heterocycles. The van der Waals surface area contributed by atoms with Crippen LogP contribution in [0.15, 0.2) is 41.4 Å². The van der Waals surface area contributed by atoms with E-state index in [0.29, 0.717) is 6.04 Å². The lowest BCUT2D eigenvalue weighted by Crippen LogP contribution is -2.42. The second-order valence-electron chi connectivity index (χ2n) is 7.43. The van der Waals surface area contributed by atoms with Crippen LogP contribution in [0.2, 0.25) is 0 Å². The number of unbranched alkanes of at least 4 members (excludes halogenated alkanes) is 1. The molecule has 1 atom stereocenters. The Bertz CT molecular complexity index is 700. The van der Waals surface area contributed by atoms with Crippen molar-refractivity contribution >= 4 is 35.6 Å². The van der Waals surface area contributed by atoms with Crippen molar-refractivity contribution in [2.24, 2.45) is 4.99 Å². The monoisotopic (exact) mass is 513 g/mol. The summed E-state index contributed by atoms with van der Waals surface area (Å²) in [5, 5.41) is 14.1. The maximum absolute atomic E-state index is 10.7. The zero-order valence-corrected chi connectivity index (χ0v) is 19.5. The molecule has 7 nitrogen and oxygen atoms in total. The first kappa shape index (κ1) is 23.6. The van der Waals surface area contributed by atoms with Crippen LogP contribution in [0.1, 0.15) is 31.7 Å². The number of benzene rings is 1. The van der Waals surface area contributed by atoms with Gasteiger partial charge in [-0.3, -0.25) is 20.0 Å². The van der Waals surface area contributed by atoms with Crippen LogP contribution in [0.5, 0.6) is 0 Å². The largest absolute Gasteiger partial charge is 0.357 e. The van der Waals surface area contributed by atoms with E-state index in [4.69, 9.17) is 4.99 Å². The predicted octanol–water partition coefficient (Wildman–Crippen LogP) is 3.45. The molecule has 0 saturated carbocycles. The highest BCUT2D eigenvalue weighted by molar-refractivity contribution is 14.0. The third kappa shape index (κ3) is 6.95. The molecule has 1 N–H and O–H groups in total. The minimum absolute atomic E-state index is 0. The zero-order valence-electron chi connectivity index (χ0n) is 17.1. The van der Waals surface area contributed by atoms with Crippen molar-refractivity contribution in [3.8, 4) is 0 Å². The highest BCUT2D eigenvalue weighted by atomic mass is 127. The number of nitrogens with one attached hydrogen (secondary N) is 1. The summed E-state index contributed by atoms with van der Waals surface area (Å²) < 4.78 is 0. The summed E-state index contributed by atoms with van der Waals surface area (Å²) >= 11 is 0. The average molecular weight is 513 g/mol. The van der Waals surface area contributed by atoms with Crippen molar-refractivity contribution < 1.29 is 4.92 Å². The van der Waals surface area contributed by atoms with E-state index >= 15 is 0 Å². The van der Waals surface area contributed by atoms with E-state index in [2.05, 4.69) is 34.2 Å². The predicted molar refractivity (Wildman–Crippen MR) is 128 cm³/mol. The van der Waals surface area contributed by atoms with Gasteiger partial charge in [-0.25, -0.2) is 0 Å². The Hall–Kier alpha value is -1.68. The van der Waals surface area contributed by atoms with Crippen LogP contribution in [0.4, 0.5) is 5.69 Å². The Kier molecular flexibility index (Phi) is 9.86. The van der Waals surface area contributed by atoms with Crippen molar-refractivity contribution in [2.45, 2.75) is 38.6 Å². The van der Waals surface area contributed by atoms with Crippen LogP contribution in [-0.2, 0) is 6.42 Å². The fraction of sp³-hybridized carbons (Fsp3) is 0.571. The van der Waals surface area contributed by atoms with E-state index < -0.39 is 0 Å². The third-order valence-corrected chi connectivity index (χ3v) is 5.44. The molecule has 1 fully saturated rings. The molecule has 1 aromatic carbocycles. The number of rotatable bonds is 8. The number of nitro groups is 1. The van der Waals surface area contributed by atoms with Gasteiger partial charge in [0.15, 0.2) is 5.96 Å². The molecular weight excluding hydrogens is 481 g/mol. The van der Waals surface area contributed by atoms with E-state index in [1.54, 1.807) is 12.1 Å². The smallest absolute Gasteiger partial charge is 0.269 e. The molecule has 2 aliphatic rings. The standard InChI is InChI=1S/C21H31N5O2.HI/c1-2-22-21(25-16-12-20(17-25)24-14-5-6-15-24)23-13-4-3-7-18-8-10-19(11-9-18)26(27)28;/h5-6,8-11,20H,2-4,7,12-17H2,1H3,(H,22,23);1H. The van der Waals surface area contributed by atoms with Gasteiger partial charge >= 0.3 is 0 Å². The van der Waals surface area contributed by atoms with Gasteiger partial charge in [-0.05, 0) is 38.2 Å². The van der Waals surface area contributed by atoms with E-state index in [0.717, 1.165) is 70.1 Å². The summed E-state index contributed by atoms with van der Waals surface area (Å²) in [6.07, 6.45) is 8.69. The molecule has 1 aromatic rings. The first-order chi connectivity index (χ1) is 13.7. The number of nitrogens with zero attached hydrogens (tertiary/aromatic N) is 4. The zero-order chi connectivity index (χ0) is 19.8. The number of aliphatic imine (C=N–C) groups is 1. The molecule has 0 bridgehead atoms.